The molecule has 2 aromatic carbocycles. The Bertz CT molecular complexity index is 971. The fraction of sp³-hybridized carbons (Fsp3) is 0.483. The molecule has 0 bridgehead atoms. The van der Waals surface area contributed by atoms with E-state index in [-0.39, 0.29) is 34.9 Å². The highest BCUT2D eigenvalue weighted by atomic mass is 19.1. The number of aryl methyl sites for hydroxylation is 1. The number of carbonyl (C=O) groups is 2. The smallest absolute Gasteiger partial charge is 0.251 e. The van der Waals surface area contributed by atoms with Gasteiger partial charge in [0.2, 0.25) is 0 Å². The molecule has 2 N–H and O–H groups in total. The first kappa shape index (κ1) is 29.2. The van der Waals surface area contributed by atoms with E-state index in [4.69, 9.17) is 5.41 Å². The maximum absolute atomic E-state index is 13.5. The molecule has 1 amide bonds. The van der Waals surface area contributed by atoms with Crippen LogP contribution in [0.5, 0.6) is 0 Å². The molecule has 5 heteroatoms. The summed E-state index contributed by atoms with van der Waals surface area (Å²) in [5.41, 5.74) is 2.81. The Kier molecular flexibility index (Phi) is 11.3. The molecule has 34 heavy (non-hydrogen) atoms. The average Bonchev–Trinajstić information content (AvgIpc) is 2.78. The van der Waals surface area contributed by atoms with Gasteiger partial charge >= 0.3 is 0 Å². The van der Waals surface area contributed by atoms with E-state index in [9.17, 15) is 14.0 Å². The highest BCUT2D eigenvalue weighted by molar-refractivity contribution is 5.94. The van der Waals surface area contributed by atoms with Crippen molar-refractivity contribution in [3.8, 4) is 0 Å². The first-order valence-electron chi connectivity index (χ1n) is 12.0. The molecule has 0 saturated carbocycles. The summed E-state index contributed by atoms with van der Waals surface area (Å²) < 4.78 is 13.5. The molecule has 4 nitrogen and oxygen atoms in total. The van der Waals surface area contributed by atoms with Gasteiger partial charge in [-0.3, -0.25) is 4.79 Å². The monoisotopic (exact) mass is 468 g/mol. The third-order valence-corrected chi connectivity index (χ3v) is 6.86. The second-order valence-electron chi connectivity index (χ2n) is 9.75. The van der Waals surface area contributed by atoms with Gasteiger partial charge in [-0.1, -0.05) is 65.0 Å². The molecule has 1 unspecified atom stereocenters. The van der Waals surface area contributed by atoms with Gasteiger partial charge in [0.25, 0.3) is 5.91 Å². The van der Waals surface area contributed by atoms with Gasteiger partial charge in [0, 0.05) is 17.7 Å². The predicted octanol–water partition coefficient (Wildman–Crippen LogP) is 7.18. The predicted molar refractivity (Wildman–Crippen MR) is 139 cm³/mol. The van der Waals surface area contributed by atoms with Gasteiger partial charge in [0.15, 0.2) is 0 Å². The molecular formula is C29H41FN2O2. The van der Waals surface area contributed by atoms with Gasteiger partial charge in [-0.15, -0.1) is 0 Å². The van der Waals surface area contributed by atoms with Crippen LogP contribution in [-0.2, 0) is 11.2 Å². The molecular weight excluding hydrogens is 427 g/mol. The summed E-state index contributed by atoms with van der Waals surface area (Å²) in [5, 5.41) is 10.6. The van der Waals surface area contributed by atoms with Gasteiger partial charge < -0.3 is 15.5 Å². The summed E-state index contributed by atoms with van der Waals surface area (Å²) in [6, 6.07) is 14.0. The molecule has 0 heterocycles. The lowest BCUT2D eigenvalue weighted by Gasteiger charge is -2.38. The number of rotatable bonds is 9. The zero-order chi connectivity index (χ0) is 26.1. The maximum atomic E-state index is 13.5. The lowest BCUT2D eigenvalue weighted by Crippen LogP contribution is -2.36. The molecule has 2 aromatic rings. The summed E-state index contributed by atoms with van der Waals surface area (Å²) in [5.74, 6) is 0.180. The van der Waals surface area contributed by atoms with E-state index in [2.05, 4.69) is 26.1 Å². The van der Waals surface area contributed by atoms with Gasteiger partial charge in [-0.05, 0) is 73.8 Å². The number of amides is 1. The summed E-state index contributed by atoms with van der Waals surface area (Å²) in [6.07, 6.45) is 1.27. The minimum Gasteiger partial charge on any atom is -0.346 e. The molecule has 0 aromatic heterocycles. The van der Waals surface area contributed by atoms with Gasteiger partial charge in [-0.25, -0.2) is 4.39 Å². The molecule has 3 atom stereocenters. The Hall–Kier alpha value is -2.82. The van der Waals surface area contributed by atoms with Crippen molar-refractivity contribution in [3.05, 3.63) is 71.0 Å². The summed E-state index contributed by atoms with van der Waals surface area (Å²) in [6.45, 7) is 15.7. The first-order valence-corrected chi connectivity index (χ1v) is 12.0. The quantitative estimate of drug-likeness (QED) is 0.383. The van der Waals surface area contributed by atoms with E-state index >= 15 is 0 Å². The Morgan fingerprint density at radius 2 is 1.62 bits per heavy atom. The number of benzene rings is 2. The van der Waals surface area contributed by atoms with E-state index in [0.717, 1.165) is 11.1 Å². The van der Waals surface area contributed by atoms with Crippen molar-refractivity contribution in [2.24, 2.45) is 17.3 Å². The van der Waals surface area contributed by atoms with Crippen molar-refractivity contribution < 1.29 is 14.0 Å². The van der Waals surface area contributed by atoms with Crippen molar-refractivity contribution in [1.82, 2.24) is 5.32 Å². The largest absolute Gasteiger partial charge is 0.346 e. The number of ketones is 1. The number of halogens is 1. The number of carbonyl (C=O) groups excluding carboxylic acids is 2. The number of Topliss-reactive ketones (excluding diaryl/α,β-unsaturated/α-hetero) is 1. The fourth-order valence-electron chi connectivity index (χ4n) is 3.98. The third-order valence-electron chi connectivity index (χ3n) is 6.86. The zero-order valence-electron chi connectivity index (χ0n) is 22.0. The number of hydrogen-bond donors (Lipinski definition) is 2. The van der Waals surface area contributed by atoms with E-state index < -0.39 is 0 Å². The normalized spacial score (nSPS) is 14.3. The van der Waals surface area contributed by atoms with Gasteiger partial charge in [-0.2, -0.15) is 0 Å². The first-order chi connectivity index (χ1) is 15.8. The van der Waals surface area contributed by atoms with Crippen molar-refractivity contribution in [1.29, 1.82) is 5.41 Å². The van der Waals surface area contributed by atoms with Crippen LogP contribution < -0.4 is 5.32 Å². The van der Waals surface area contributed by atoms with Crippen LogP contribution >= 0.6 is 0 Å². The van der Waals surface area contributed by atoms with Crippen molar-refractivity contribution >= 4 is 17.4 Å². The second-order valence-corrected chi connectivity index (χ2v) is 9.75. The third kappa shape index (κ3) is 8.51. The van der Waals surface area contributed by atoms with E-state index in [1.807, 2.05) is 58.0 Å². The van der Waals surface area contributed by atoms with E-state index in [0.29, 0.717) is 30.0 Å². The number of hydrogen-bond acceptors (Lipinski definition) is 3. The second kappa shape index (κ2) is 13.2. The van der Waals surface area contributed by atoms with Crippen molar-refractivity contribution in [2.75, 3.05) is 0 Å². The van der Waals surface area contributed by atoms with Crippen LogP contribution in [0.25, 0.3) is 0 Å². The molecule has 0 aliphatic heterocycles. The summed E-state index contributed by atoms with van der Waals surface area (Å²) in [7, 11) is 0. The Balaban J connectivity index is 0.000000365. The van der Waals surface area contributed by atoms with Crippen LogP contribution in [-0.4, -0.2) is 17.4 Å². The molecule has 0 radical (unpaired) electrons. The van der Waals surface area contributed by atoms with Crippen LogP contribution in [0.15, 0.2) is 48.5 Å². The Morgan fingerprint density at radius 1 is 1.03 bits per heavy atom. The molecule has 2 rings (SSSR count). The van der Waals surface area contributed by atoms with Gasteiger partial charge in [0.05, 0.1) is 6.04 Å². The van der Waals surface area contributed by atoms with Crippen LogP contribution in [0, 0.1) is 28.5 Å². The lowest BCUT2D eigenvalue weighted by molar-refractivity contribution is -0.120. The van der Waals surface area contributed by atoms with Crippen LogP contribution in [0.4, 0.5) is 4.39 Å². The topological polar surface area (TPSA) is 70.0 Å². The molecule has 186 valence electrons. The summed E-state index contributed by atoms with van der Waals surface area (Å²) >= 11 is 0. The highest BCUT2D eigenvalue weighted by Gasteiger charge is 2.36. The minimum absolute atomic E-state index is 0.0718. The van der Waals surface area contributed by atoms with Crippen LogP contribution in [0.3, 0.4) is 0 Å². The molecule has 0 aliphatic rings. The highest BCUT2D eigenvalue weighted by Crippen LogP contribution is 2.39. The Morgan fingerprint density at radius 3 is 2.09 bits per heavy atom. The van der Waals surface area contributed by atoms with Crippen LogP contribution in [0.1, 0.15) is 89.3 Å². The minimum atomic E-state index is -0.373. The molecule has 0 fully saturated rings. The molecule has 0 aliphatic carbocycles. The molecule has 0 spiro atoms. The van der Waals surface area contributed by atoms with E-state index in [1.165, 1.54) is 12.1 Å². The van der Waals surface area contributed by atoms with E-state index in [1.54, 1.807) is 13.0 Å². The van der Waals surface area contributed by atoms with Gasteiger partial charge in [0.1, 0.15) is 11.6 Å². The SMILES string of the molecule is CC(=N)C(C)[C@@](C)(CC(C)=O)C(C)C.CCc1cc(F)cc(C(=O)N[C@@H](C)c2ccccc2)c1. The fourth-order valence-corrected chi connectivity index (χ4v) is 3.98. The standard InChI is InChI=1S/C17H18FNO.C12H23NO/c1-3-13-9-15(11-16(18)10-13)17(20)19-12(2)14-7-5-4-6-8-14;1-8(2)12(6,7-9(3)14)10(4)11(5)13/h4-12H,3H2,1-2H3,(H,19,20);8,10,13H,7H2,1-6H3/t12-;10?,12-/m00/s1. The summed E-state index contributed by atoms with van der Waals surface area (Å²) in [4.78, 5) is 23.4. The van der Waals surface area contributed by atoms with Crippen molar-refractivity contribution in [3.63, 3.8) is 0 Å². The molecule has 0 saturated heterocycles. The number of nitrogens with one attached hydrogen (secondary N) is 2. The zero-order valence-corrected chi connectivity index (χ0v) is 22.0. The van der Waals surface area contributed by atoms with Crippen molar-refractivity contribution in [2.45, 2.75) is 74.3 Å². The lowest BCUT2D eigenvalue weighted by atomic mass is 9.65. The Labute approximate surface area is 204 Å². The maximum Gasteiger partial charge on any atom is 0.251 e. The average molecular weight is 469 g/mol. The van der Waals surface area contributed by atoms with Crippen LogP contribution in [0.2, 0.25) is 0 Å².